The molecule has 0 spiro atoms. The maximum absolute atomic E-state index is 13.6. The Kier molecular flexibility index (Phi) is 5.28. The molecule has 106 valence electrons. The lowest BCUT2D eigenvalue weighted by atomic mass is 9.96. The lowest BCUT2D eigenvalue weighted by Crippen LogP contribution is -2.37. The van der Waals surface area contributed by atoms with E-state index >= 15 is 0 Å². The van der Waals surface area contributed by atoms with Crippen LogP contribution in [0.2, 0.25) is 0 Å². The van der Waals surface area contributed by atoms with Crippen molar-refractivity contribution in [3.63, 3.8) is 0 Å². The molecule has 0 aliphatic carbocycles. The molecule has 2 nitrogen and oxygen atoms in total. The molecule has 0 saturated carbocycles. The zero-order chi connectivity index (χ0) is 13.7. The van der Waals surface area contributed by atoms with E-state index in [2.05, 4.69) is 17.1 Å². The molecule has 0 radical (unpaired) electrons. The number of piperidine rings is 1. The minimum Gasteiger partial charge on any atom is -0.317 e. The monoisotopic (exact) mass is 268 g/mol. The van der Waals surface area contributed by atoms with Gasteiger partial charge in [0.05, 0.1) is 0 Å². The van der Waals surface area contributed by atoms with Crippen molar-refractivity contribution in [2.75, 3.05) is 26.2 Å². The summed E-state index contributed by atoms with van der Waals surface area (Å²) in [7, 11) is 0. The first-order valence-corrected chi connectivity index (χ1v) is 7.06. The van der Waals surface area contributed by atoms with Gasteiger partial charge in [0.2, 0.25) is 0 Å². The van der Waals surface area contributed by atoms with Crippen LogP contribution in [0.1, 0.15) is 25.3 Å². The van der Waals surface area contributed by atoms with Crippen molar-refractivity contribution >= 4 is 0 Å². The molecule has 1 N–H and O–H groups in total. The minimum atomic E-state index is -0.750. The highest BCUT2D eigenvalue weighted by Gasteiger charge is 2.20. The van der Waals surface area contributed by atoms with E-state index in [0.29, 0.717) is 18.0 Å². The van der Waals surface area contributed by atoms with E-state index in [-0.39, 0.29) is 0 Å². The molecule has 1 aliphatic heterocycles. The van der Waals surface area contributed by atoms with Crippen molar-refractivity contribution < 1.29 is 8.78 Å². The second-order valence-corrected chi connectivity index (χ2v) is 5.24. The predicted octanol–water partition coefficient (Wildman–Crippen LogP) is 2.79. The molecule has 1 aromatic carbocycles. The number of hydrogen-bond donors (Lipinski definition) is 1. The third kappa shape index (κ3) is 3.98. The lowest BCUT2D eigenvalue weighted by molar-refractivity contribution is 0.173. The Hall–Kier alpha value is -1.00. The second kappa shape index (κ2) is 6.96. The second-order valence-electron chi connectivity index (χ2n) is 5.24. The van der Waals surface area contributed by atoms with E-state index < -0.39 is 11.6 Å². The summed E-state index contributed by atoms with van der Waals surface area (Å²) in [5.41, 5.74) is 0.463. The Morgan fingerprint density at radius 2 is 2.00 bits per heavy atom. The van der Waals surface area contributed by atoms with Crippen LogP contribution in [-0.4, -0.2) is 31.1 Å². The maximum Gasteiger partial charge on any atom is 0.163 e. The van der Waals surface area contributed by atoms with Crippen LogP contribution in [0.15, 0.2) is 18.2 Å². The van der Waals surface area contributed by atoms with Gasteiger partial charge < -0.3 is 5.32 Å². The van der Waals surface area contributed by atoms with Crippen LogP contribution in [0, 0.1) is 17.6 Å². The van der Waals surface area contributed by atoms with Gasteiger partial charge in [0.25, 0.3) is 0 Å². The molecule has 0 amide bonds. The van der Waals surface area contributed by atoms with Gasteiger partial charge in [0.1, 0.15) is 0 Å². The molecule has 4 heteroatoms. The Morgan fingerprint density at radius 1 is 1.26 bits per heavy atom. The smallest absolute Gasteiger partial charge is 0.163 e. The normalized spacial score (nSPS) is 17.8. The van der Waals surface area contributed by atoms with Crippen LogP contribution in [-0.2, 0) is 6.54 Å². The molecule has 19 heavy (non-hydrogen) atoms. The first-order valence-electron chi connectivity index (χ1n) is 7.06. The van der Waals surface area contributed by atoms with E-state index in [4.69, 9.17) is 0 Å². The molecule has 2 rings (SSSR count). The van der Waals surface area contributed by atoms with Gasteiger partial charge in [-0.1, -0.05) is 19.1 Å². The van der Waals surface area contributed by atoms with Crippen molar-refractivity contribution in [1.29, 1.82) is 0 Å². The number of likely N-dealkylation sites (tertiary alicyclic amines) is 1. The van der Waals surface area contributed by atoms with Gasteiger partial charge in [0.15, 0.2) is 11.6 Å². The molecule has 0 unspecified atom stereocenters. The summed E-state index contributed by atoms with van der Waals surface area (Å²) in [5.74, 6) is -0.731. The van der Waals surface area contributed by atoms with Crippen molar-refractivity contribution in [1.82, 2.24) is 10.2 Å². The number of benzene rings is 1. The number of hydrogen-bond acceptors (Lipinski definition) is 2. The average Bonchev–Trinajstić information content (AvgIpc) is 2.43. The molecule has 1 aliphatic rings. The summed E-state index contributed by atoms with van der Waals surface area (Å²) >= 11 is 0. The fraction of sp³-hybridized carbons (Fsp3) is 0.600. The SMILES string of the molecule is CCNCC1CCN(Cc2cccc(F)c2F)CC1. The number of halogens is 2. The summed E-state index contributed by atoms with van der Waals surface area (Å²) < 4.78 is 26.7. The third-order valence-electron chi connectivity index (χ3n) is 3.82. The summed E-state index contributed by atoms with van der Waals surface area (Å²) in [6.45, 7) is 6.63. The topological polar surface area (TPSA) is 15.3 Å². The average molecular weight is 268 g/mol. The molecule has 0 atom stereocenters. The van der Waals surface area contributed by atoms with Gasteiger partial charge in [0, 0.05) is 12.1 Å². The predicted molar refractivity (Wildman–Crippen MR) is 72.9 cm³/mol. The molecule has 1 heterocycles. The highest BCUT2D eigenvalue weighted by Crippen LogP contribution is 2.20. The lowest BCUT2D eigenvalue weighted by Gasteiger charge is -2.32. The maximum atomic E-state index is 13.6. The number of nitrogens with one attached hydrogen (secondary N) is 1. The highest BCUT2D eigenvalue weighted by molar-refractivity contribution is 5.18. The van der Waals surface area contributed by atoms with E-state index in [9.17, 15) is 8.78 Å². The molecule has 1 aromatic rings. The standard InChI is InChI=1S/C15H22F2N2/c1-2-18-10-12-6-8-19(9-7-12)11-13-4-3-5-14(16)15(13)17/h3-5,12,18H,2,6-11H2,1H3. The fourth-order valence-electron chi connectivity index (χ4n) is 2.61. The van der Waals surface area contributed by atoms with Gasteiger partial charge in [-0.15, -0.1) is 0 Å². The Labute approximate surface area is 113 Å². The first-order chi connectivity index (χ1) is 9.20. The van der Waals surface area contributed by atoms with Gasteiger partial charge >= 0.3 is 0 Å². The summed E-state index contributed by atoms with van der Waals surface area (Å²) in [6.07, 6.45) is 2.26. The third-order valence-corrected chi connectivity index (χ3v) is 3.82. The molecular formula is C15H22F2N2. The van der Waals surface area contributed by atoms with Crippen molar-refractivity contribution in [3.8, 4) is 0 Å². The zero-order valence-electron chi connectivity index (χ0n) is 11.5. The summed E-state index contributed by atoms with van der Waals surface area (Å²) in [4.78, 5) is 2.21. The molecule has 0 bridgehead atoms. The molecule has 1 saturated heterocycles. The highest BCUT2D eigenvalue weighted by atomic mass is 19.2. The molecule has 0 aromatic heterocycles. The van der Waals surface area contributed by atoms with Gasteiger partial charge in [-0.25, -0.2) is 8.78 Å². The van der Waals surface area contributed by atoms with Crippen LogP contribution < -0.4 is 5.32 Å². The Balaban J connectivity index is 1.84. The largest absolute Gasteiger partial charge is 0.317 e. The number of nitrogens with zero attached hydrogens (tertiary/aromatic N) is 1. The molecular weight excluding hydrogens is 246 g/mol. The van der Waals surface area contributed by atoms with Crippen LogP contribution in [0.5, 0.6) is 0 Å². The van der Waals surface area contributed by atoms with E-state index in [1.807, 2.05) is 0 Å². The van der Waals surface area contributed by atoms with Crippen LogP contribution in [0.4, 0.5) is 8.78 Å². The zero-order valence-corrected chi connectivity index (χ0v) is 11.5. The van der Waals surface area contributed by atoms with Crippen LogP contribution in [0.3, 0.4) is 0 Å². The van der Waals surface area contributed by atoms with E-state index in [1.165, 1.54) is 6.07 Å². The van der Waals surface area contributed by atoms with E-state index in [0.717, 1.165) is 39.0 Å². The quantitative estimate of drug-likeness (QED) is 0.883. The Bertz CT molecular complexity index is 401. The summed E-state index contributed by atoms with van der Waals surface area (Å²) in [5, 5.41) is 3.37. The minimum absolute atomic E-state index is 0.463. The first kappa shape index (κ1) is 14.4. The Morgan fingerprint density at radius 3 is 2.68 bits per heavy atom. The van der Waals surface area contributed by atoms with E-state index in [1.54, 1.807) is 12.1 Å². The fourth-order valence-corrected chi connectivity index (χ4v) is 2.61. The van der Waals surface area contributed by atoms with Gasteiger partial charge in [-0.05, 0) is 51.0 Å². The van der Waals surface area contributed by atoms with Crippen molar-refractivity contribution in [3.05, 3.63) is 35.4 Å². The van der Waals surface area contributed by atoms with Gasteiger partial charge in [-0.3, -0.25) is 4.90 Å². The van der Waals surface area contributed by atoms with Crippen molar-refractivity contribution in [2.24, 2.45) is 5.92 Å². The summed E-state index contributed by atoms with van der Waals surface area (Å²) in [6, 6.07) is 4.41. The van der Waals surface area contributed by atoms with Crippen LogP contribution >= 0.6 is 0 Å². The van der Waals surface area contributed by atoms with Gasteiger partial charge in [-0.2, -0.15) is 0 Å². The van der Waals surface area contributed by atoms with Crippen LogP contribution in [0.25, 0.3) is 0 Å². The number of rotatable bonds is 5. The van der Waals surface area contributed by atoms with Crippen molar-refractivity contribution in [2.45, 2.75) is 26.3 Å². The molecule has 1 fully saturated rings.